The first-order chi connectivity index (χ1) is 15.6. The number of pyridine rings is 1. The van der Waals surface area contributed by atoms with Crippen molar-refractivity contribution in [1.82, 2.24) is 14.5 Å². The number of fused-ring (bicyclic) bond motifs is 1. The fraction of sp³-hybridized carbons (Fsp3) is 0.320. The van der Waals surface area contributed by atoms with Crippen molar-refractivity contribution in [1.29, 1.82) is 0 Å². The molecule has 2 aromatic heterocycles. The van der Waals surface area contributed by atoms with E-state index >= 15 is 0 Å². The Bertz CT molecular complexity index is 1280. The number of methoxy groups -OCH3 is 1. The zero-order valence-corrected chi connectivity index (χ0v) is 19.3. The number of aromatic nitrogens is 2. The summed E-state index contributed by atoms with van der Waals surface area (Å²) in [4.78, 5) is 30.5. The van der Waals surface area contributed by atoms with Crippen molar-refractivity contribution in [3.63, 3.8) is 0 Å². The third-order valence-corrected chi connectivity index (χ3v) is 5.35. The normalized spacial score (nSPS) is 13.6. The van der Waals surface area contributed by atoms with Gasteiger partial charge in [-0.1, -0.05) is 6.08 Å². The summed E-state index contributed by atoms with van der Waals surface area (Å²) in [5.41, 5.74) is 3.81. The highest BCUT2D eigenvalue weighted by Gasteiger charge is 2.30. The molecule has 1 fully saturated rings. The van der Waals surface area contributed by atoms with E-state index < -0.39 is 17.4 Å². The van der Waals surface area contributed by atoms with Gasteiger partial charge >= 0.3 is 12.1 Å². The van der Waals surface area contributed by atoms with E-state index in [1.165, 1.54) is 19.2 Å². The lowest BCUT2D eigenvalue weighted by Crippen LogP contribution is -2.46. The molecule has 0 radical (unpaired) electrons. The van der Waals surface area contributed by atoms with E-state index in [0.29, 0.717) is 18.8 Å². The molecule has 1 amide bonds. The molecule has 172 valence electrons. The highest BCUT2D eigenvalue weighted by atomic mass is 19.1. The first-order valence-electron chi connectivity index (χ1n) is 10.6. The van der Waals surface area contributed by atoms with Gasteiger partial charge in [0.05, 0.1) is 30.1 Å². The maximum Gasteiger partial charge on any atom is 0.410 e. The molecule has 33 heavy (non-hydrogen) atoms. The van der Waals surface area contributed by atoms with Crippen LogP contribution in [0.1, 0.15) is 42.3 Å². The van der Waals surface area contributed by atoms with Gasteiger partial charge in [-0.3, -0.25) is 4.98 Å². The van der Waals surface area contributed by atoms with Crippen molar-refractivity contribution < 1.29 is 23.5 Å². The number of aryl methyl sites for hydroxylation is 1. The SMILES string of the molecule is COC(=O)c1cc(F)ccc1-n1cc(C=C2CN(C(=O)OC(C)(C)C)C2)c2c(C)cncc21. The van der Waals surface area contributed by atoms with Crippen molar-refractivity contribution >= 4 is 29.0 Å². The van der Waals surface area contributed by atoms with Crippen LogP contribution >= 0.6 is 0 Å². The lowest BCUT2D eigenvalue weighted by molar-refractivity contribution is 0.0216. The number of amides is 1. The van der Waals surface area contributed by atoms with Crippen LogP contribution < -0.4 is 0 Å². The summed E-state index contributed by atoms with van der Waals surface area (Å²) in [5, 5.41) is 0.966. The molecule has 0 bridgehead atoms. The van der Waals surface area contributed by atoms with Crippen molar-refractivity contribution in [2.45, 2.75) is 33.3 Å². The summed E-state index contributed by atoms with van der Waals surface area (Å²) in [7, 11) is 1.26. The van der Waals surface area contributed by atoms with Crippen LogP contribution in [0.4, 0.5) is 9.18 Å². The minimum absolute atomic E-state index is 0.120. The van der Waals surface area contributed by atoms with Crippen LogP contribution in [0.15, 0.2) is 42.4 Å². The van der Waals surface area contributed by atoms with Crippen LogP contribution in [0.5, 0.6) is 0 Å². The maximum atomic E-state index is 13.9. The Hall–Kier alpha value is -3.68. The minimum Gasteiger partial charge on any atom is -0.465 e. The van der Waals surface area contributed by atoms with Crippen LogP contribution in [0.25, 0.3) is 22.7 Å². The van der Waals surface area contributed by atoms with E-state index in [9.17, 15) is 14.0 Å². The fourth-order valence-electron chi connectivity index (χ4n) is 3.89. The Morgan fingerprint density at radius 2 is 1.91 bits per heavy atom. The van der Waals surface area contributed by atoms with Gasteiger partial charge in [0.15, 0.2) is 0 Å². The number of halogens is 1. The number of ether oxygens (including phenoxy) is 2. The molecule has 1 aromatic carbocycles. The Labute approximate surface area is 191 Å². The number of nitrogens with zero attached hydrogens (tertiary/aromatic N) is 3. The van der Waals surface area contributed by atoms with E-state index in [0.717, 1.165) is 27.6 Å². The molecule has 1 aliphatic rings. The van der Waals surface area contributed by atoms with Gasteiger partial charge in [0.1, 0.15) is 11.4 Å². The van der Waals surface area contributed by atoms with E-state index in [2.05, 4.69) is 4.98 Å². The van der Waals surface area contributed by atoms with Gasteiger partial charge in [-0.15, -0.1) is 0 Å². The van der Waals surface area contributed by atoms with E-state index in [-0.39, 0.29) is 11.7 Å². The van der Waals surface area contributed by atoms with Gasteiger partial charge in [-0.25, -0.2) is 14.0 Å². The van der Waals surface area contributed by atoms with Crippen LogP contribution in [-0.2, 0) is 9.47 Å². The zero-order chi connectivity index (χ0) is 23.9. The minimum atomic E-state index is -0.626. The van der Waals surface area contributed by atoms with E-state index in [1.54, 1.807) is 23.4 Å². The zero-order valence-electron chi connectivity index (χ0n) is 19.3. The maximum absolute atomic E-state index is 13.9. The van der Waals surface area contributed by atoms with Crippen molar-refractivity contribution in [3.8, 4) is 5.69 Å². The molecule has 4 rings (SSSR count). The van der Waals surface area contributed by atoms with Gasteiger partial charge in [0, 0.05) is 36.4 Å². The smallest absolute Gasteiger partial charge is 0.410 e. The van der Waals surface area contributed by atoms with Gasteiger partial charge in [-0.2, -0.15) is 0 Å². The second kappa shape index (κ2) is 8.35. The molecule has 3 heterocycles. The molecular formula is C25H26FN3O4. The predicted octanol–water partition coefficient (Wildman–Crippen LogP) is 4.89. The quantitative estimate of drug-likeness (QED) is 0.530. The average molecular weight is 451 g/mol. The summed E-state index contributed by atoms with van der Waals surface area (Å²) in [6.07, 6.45) is 7.07. The average Bonchev–Trinajstić information content (AvgIpc) is 3.08. The second-order valence-electron chi connectivity index (χ2n) is 9.10. The van der Waals surface area contributed by atoms with Crippen LogP contribution in [0, 0.1) is 12.7 Å². The molecule has 0 atom stereocenters. The molecule has 0 saturated carbocycles. The van der Waals surface area contributed by atoms with Gasteiger partial charge in [0.2, 0.25) is 0 Å². The number of rotatable bonds is 3. The van der Waals surface area contributed by atoms with Crippen molar-refractivity contribution in [2.75, 3.05) is 20.2 Å². The van der Waals surface area contributed by atoms with Crippen LogP contribution in [0.2, 0.25) is 0 Å². The number of likely N-dealkylation sites (tertiary alicyclic amines) is 1. The van der Waals surface area contributed by atoms with Gasteiger partial charge in [0.25, 0.3) is 0 Å². The molecule has 1 aliphatic heterocycles. The lowest BCUT2D eigenvalue weighted by Gasteiger charge is -2.35. The summed E-state index contributed by atoms with van der Waals surface area (Å²) in [6, 6.07) is 4.02. The molecule has 3 aromatic rings. The number of benzene rings is 1. The number of esters is 1. The highest BCUT2D eigenvalue weighted by Crippen LogP contribution is 2.32. The predicted molar refractivity (Wildman–Crippen MR) is 123 cm³/mol. The molecule has 8 heteroatoms. The van der Waals surface area contributed by atoms with Crippen molar-refractivity contribution in [2.24, 2.45) is 0 Å². The summed E-state index contributed by atoms with van der Waals surface area (Å²) in [5.74, 6) is -1.15. The number of hydrogen-bond donors (Lipinski definition) is 0. The molecule has 0 unspecified atom stereocenters. The molecule has 0 aliphatic carbocycles. The van der Waals surface area contributed by atoms with E-state index in [4.69, 9.17) is 9.47 Å². The van der Waals surface area contributed by atoms with Crippen LogP contribution in [0.3, 0.4) is 0 Å². The summed E-state index contributed by atoms with van der Waals surface area (Å²) < 4.78 is 26.0. The standard InChI is InChI=1S/C25H26FN3O4/c1-15-10-27-11-21-22(15)17(8-16-12-28(13-16)24(31)33-25(2,3)4)14-29(21)20-7-6-18(26)9-19(20)23(30)32-5/h6-11,14H,12-13H2,1-5H3. The fourth-order valence-corrected chi connectivity index (χ4v) is 3.89. The summed E-state index contributed by atoms with van der Waals surface area (Å²) in [6.45, 7) is 8.44. The Balaban J connectivity index is 1.73. The number of carbonyl (C=O) groups excluding carboxylic acids is 2. The topological polar surface area (TPSA) is 73.7 Å². The Kier molecular flexibility index (Phi) is 5.69. The largest absolute Gasteiger partial charge is 0.465 e. The molecule has 1 saturated heterocycles. The number of carbonyl (C=O) groups is 2. The molecule has 7 nitrogen and oxygen atoms in total. The first-order valence-corrected chi connectivity index (χ1v) is 10.6. The Morgan fingerprint density at radius 3 is 2.58 bits per heavy atom. The molecule has 0 spiro atoms. The van der Waals surface area contributed by atoms with Crippen LogP contribution in [-0.4, -0.2) is 52.3 Å². The van der Waals surface area contributed by atoms with Gasteiger partial charge in [-0.05, 0) is 57.0 Å². The monoisotopic (exact) mass is 451 g/mol. The highest BCUT2D eigenvalue weighted by molar-refractivity contribution is 5.97. The lowest BCUT2D eigenvalue weighted by atomic mass is 10.0. The third kappa shape index (κ3) is 4.46. The third-order valence-electron chi connectivity index (χ3n) is 5.35. The van der Waals surface area contributed by atoms with E-state index in [1.807, 2.05) is 44.5 Å². The molecular weight excluding hydrogens is 425 g/mol. The molecule has 0 N–H and O–H groups in total. The summed E-state index contributed by atoms with van der Waals surface area (Å²) >= 11 is 0. The van der Waals surface area contributed by atoms with Crippen molar-refractivity contribution in [3.05, 3.63) is 64.9 Å². The first kappa shape index (κ1) is 22.5. The van der Waals surface area contributed by atoms with Gasteiger partial charge < -0.3 is 18.9 Å². The number of hydrogen-bond acceptors (Lipinski definition) is 5. The second-order valence-corrected chi connectivity index (χ2v) is 9.10. The Morgan fingerprint density at radius 1 is 1.18 bits per heavy atom.